The van der Waals surface area contributed by atoms with Gasteiger partial charge in [-0.2, -0.15) is 0 Å². The van der Waals surface area contributed by atoms with Crippen LogP contribution in [0.4, 0.5) is 0 Å². The van der Waals surface area contributed by atoms with E-state index in [2.05, 4.69) is 13.8 Å². The van der Waals surface area contributed by atoms with Crippen molar-refractivity contribution in [2.24, 2.45) is 5.73 Å². The molecule has 0 aliphatic rings. The second kappa shape index (κ2) is 19.8. The predicted molar refractivity (Wildman–Crippen MR) is 83.4 cm³/mol. The number of aliphatic carboxylic acids is 1. The maximum Gasteiger partial charge on any atom is 0.303 e. The summed E-state index contributed by atoms with van der Waals surface area (Å²) in [6.45, 7) is 5.20. The highest BCUT2D eigenvalue weighted by atomic mass is 16.4. The van der Waals surface area contributed by atoms with Crippen LogP contribution < -0.4 is 5.73 Å². The second-order valence-corrected chi connectivity index (χ2v) is 5.11. The molecule has 3 nitrogen and oxygen atoms in total. The highest BCUT2D eigenvalue weighted by Crippen LogP contribution is 2.10. The molecule has 0 aromatic rings. The number of unbranched alkanes of at least 4 members (excludes halogenated alkanes) is 9. The van der Waals surface area contributed by atoms with Gasteiger partial charge in [0, 0.05) is 6.42 Å². The van der Waals surface area contributed by atoms with Gasteiger partial charge in [-0.3, -0.25) is 4.79 Å². The standard InChI is InChI=1S/C12H24O2.C4H11N/c1-2-3-4-5-6-7-8-9-10-11-12(13)14;1-2-3-4-5/h2-11H2,1H3,(H,13,14);2-5H2,1H3. The van der Waals surface area contributed by atoms with Crippen LogP contribution in [0.25, 0.3) is 0 Å². The van der Waals surface area contributed by atoms with E-state index in [0.29, 0.717) is 6.42 Å². The summed E-state index contributed by atoms with van der Waals surface area (Å²) in [5.41, 5.74) is 5.14. The summed E-state index contributed by atoms with van der Waals surface area (Å²) in [5, 5.41) is 8.41. The Balaban J connectivity index is 0. The zero-order chi connectivity index (χ0) is 14.8. The molecular formula is C16H35NO2. The Morgan fingerprint density at radius 2 is 1.21 bits per heavy atom. The summed E-state index contributed by atoms with van der Waals surface area (Å²) in [5.74, 6) is -0.659. The van der Waals surface area contributed by atoms with Crippen LogP contribution in [-0.4, -0.2) is 17.6 Å². The van der Waals surface area contributed by atoms with Crippen molar-refractivity contribution in [1.82, 2.24) is 0 Å². The van der Waals surface area contributed by atoms with Gasteiger partial charge in [-0.15, -0.1) is 0 Å². The molecule has 0 fully saturated rings. The van der Waals surface area contributed by atoms with E-state index in [1.54, 1.807) is 0 Å². The second-order valence-electron chi connectivity index (χ2n) is 5.11. The van der Waals surface area contributed by atoms with Crippen molar-refractivity contribution in [2.45, 2.75) is 90.9 Å². The Morgan fingerprint density at radius 3 is 1.53 bits per heavy atom. The molecule has 0 heterocycles. The minimum Gasteiger partial charge on any atom is -0.481 e. The van der Waals surface area contributed by atoms with E-state index in [1.165, 1.54) is 57.8 Å². The normalized spacial score (nSPS) is 9.84. The molecule has 19 heavy (non-hydrogen) atoms. The summed E-state index contributed by atoms with van der Waals surface area (Å²) < 4.78 is 0. The summed E-state index contributed by atoms with van der Waals surface area (Å²) in [7, 11) is 0. The molecule has 116 valence electrons. The van der Waals surface area contributed by atoms with Crippen molar-refractivity contribution in [3.8, 4) is 0 Å². The fraction of sp³-hybridized carbons (Fsp3) is 0.938. The largest absolute Gasteiger partial charge is 0.481 e. The molecule has 0 aliphatic heterocycles. The zero-order valence-electron chi connectivity index (χ0n) is 13.1. The minimum atomic E-state index is -0.659. The molecule has 0 amide bonds. The topological polar surface area (TPSA) is 63.3 Å². The highest BCUT2D eigenvalue weighted by molar-refractivity contribution is 5.66. The van der Waals surface area contributed by atoms with Gasteiger partial charge in [-0.25, -0.2) is 0 Å². The van der Waals surface area contributed by atoms with Gasteiger partial charge in [0.05, 0.1) is 0 Å². The lowest BCUT2D eigenvalue weighted by Crippen LogP contribution is -1.95. The number of nitrogens with two attached hydrogens (primary N) is 1. The predicted octanol–water partition coefficient (Wildman–Crippen LogP) is 4.74. The van der Waals surface area contributed by atoms with Crippen LogP contribution in [0.3, 0.4) is 0 Å². The van der Waals surface area contributed by atoms with E-state index in [9.17, 15) is 4.79 Å². The molecule has 3 heteroatoms. The third-order valence-electron chi connectivity index (χ3n) is 3.05. The third kappa shape index (κ3) is 26.9. The first-order valence-corrected chi connectivity index (χ1v) is 8.10. The first kappa shape index (κ1) is 20.7. The Bertz CT molecular complexity index is 170. The number of carboxylic acids is 1. The van der Waals surface area contributed by atoms with Gasteiger partial charge in [0.15, 0.2) is 0 Å². The Morgan fingerprint density at radius 1 is 0.789 bits per heavy atom. The maximum absolute atomic E-state index is 10.2. The highest BCUT2D eigenvalue weighted by Gasteiger charge is 1.96. The maximum atomic E-state index is 10.2. The lowest BCUT2D eigenvalue weighted by atomic mass is 10.1. The van der Waals surface area contributed by atoms with Crippen LogP contribution in [0.15, 0.2) is 0 Å². The van der Waals surface area contributed by atoms with Crippen LogP contribution in [0.2, 0.25) is 0 Å². The molecular weight excluding hydrogens is 238 g/mol. The molecule has 0 unspecified atom stereocenters. The van der Waals surface area contributed by atoms with E-state index in [-0.39, 0.29) is 0 Å². The number of carbonyl (C=O) groups is 1. The number of hydrogen-bond donors (Lipinski definition) is 2. The molecule has 0 saturated heterocycles. The van der Waals surface area contributed by atoms with Crippen molar-refractivity contribution < 1.29 is 9.90 Å². The van der Waals surface area contributed by atoms with Gasteiger partial charge in [0.2, 0.25) is 0 Å². The number of carboxylic acid groups (broad SMARTS) is 1. The summed E-state index contributed by atoms with van der Waals surface area (Å²) in [6, 6.07) is 0. The van der Waals surface area contributed by atoms with E-state index < -0.39 is 5.97 Å². The van der Waals surface area contributed by atoms with E-state index in [4.69, 9.17) is 10.8 Å². The molecule has 0 rings (SSSR count). The molecule has 0 radical (unpaired) electrons. The molecule has 0 spiro atoms. The van der Waals surface area contributed by atoms with Crippen LogP contribution in [0, 0.1) is 0 Å². The van der Waals surface area contributed by atoms with Crippen molar-refractivity contribution in [3.05, 3.63) is 0 Å². The zero-order valence-corrected chi connectivity index (χ0v) is 13.1. The van der Waals surface area contributed by atoms with Gasteiger partial charge >= 0.3 is 5.97 Å². The number of hydrogen-bond acceptors (Lipinski definition) is 2. The molecule has 0 aromatic carbocycles. The van der Waals surface area contributed by atoms with Gasteiger partial charge in [-0.05, 0) is 19.4 Å². The Kier molecular flexibility index (Phi) is 21.6. The van der Waals surface area contributed by atoms with Crippen molar-refractivity contribution in [3.63, 3.8) is 0 Å². The van der Waals surface area contributed by atoms with Gasteiger partial charge in [-0.1, -0.05) is 71.6 Å². The monoisotopic (exact) mass is 273 g/mol. The fourth-order valence-corrected chi connectivity index (χ4v) is 1.79. The Hall–Kier alpha value is -0.570. The summed E-state index contributed by atoms with van der Waals surface area (Å²) >= 11 is 0. The summed E-state index contributed by atoms with van der Waals surface area (Å²) in [4.78, 5) is 10.2. The van der Waals surface area contributed by atoms with Gasteiger partial charge in [0.1, 0.15) is 0 Å². The van der Waals surface area contributed by atoms with Gasteiger partial charge in [0.25, 0.3) is 0 Å². The third-order valence-corrected chi connectivity index (χ3v) is 3.05. The average Bonchev–Trinajstić information content (AvgIpc) is 2.38. The average molecular weight is 273 g/mol. The first-order valence-electron chi connectivity index (χ1n) is 8.10. The molecule has 0 atom stereocenters. The van der Waals surface area contributed by atoms with Crippen LogP contribution in [-0.2, 0) is 4.79 Å². The SMILES string of the molecule is CCCCCCCCCCCC(=O)O.CCCCN. The molecule has 0 aromatic heterocycles. The molecule has 3 N–H and O–H groups in total. The fourth-order valence-electron chi connectivity index (χ4n) is 1.79. The Labute approximate surface area is 120 Å². The molecule has 0 saturated carbocycles. The van der Waals surface area contributed by atoms with Crippen LogP contribution >= 0.6 is 0 Å². The van der Waals surface area contributed by atoms with Gasteiger partial charge < -0.3 is 10.8 Å². The lowest BCUT2D eigenvalue weighted by molar-refractivity contribution is -0.137. The van der Waals surface area contributed by atoms with Crippen molar-refractivity contribution in [1.29, 1.82) is 0 Å². The molecule has 0 aliphatic carbocycles. The van der Waals surface area contributed by atoms with E-state index in [1.807, 2.05) is 0 Å². The quantitative estimate of drug-likeness (QED) is 0.505. The molecule has 0 bridgehead atoms. The van der Waals surface area contributed by atoms with Crippen LogP contribution in [0.1, 0.15) is 90.9 Å². The van der Waals surface area contributed by atoms with Crippen LogP contribution in [0.5, 0.6) is 0 Å². The van der Waals surface area contributed by atoms with E-state index >= 15 is 0 Å². The summed E-state index contributed by atoms with van der Waals surface area (Å²) in [6.07, 6.45) is 13.9. The first-order chi connectivity index (χ1) is 9.18. The smallest absolute Gasteiger partial charge is 0.303 e. The minimum absolute atomic E-state index is 0.343. The number of rotatable bonds is 12. The lowest BCUT2D eigenvalue weighted by Gasteiger charge is -2.00. The van der Waals surface area contributed by atoms with E-state index in [0.717, 1.165) is 19.4 Å². The van der Waals surface area contributed by atoms with Crippen molar-refractivity contribution >= 4 is 5.97 Å². The van der Waals surface area contributed by atoms with Crippen molar-refractivity contribution in [2.75, 3.05) is 6.54 Å².